The first-order valence-corrected chi connectivity index (χ1v) is 13.0. The fourth-order valence-corrected chi connectivity index (χ4v) is 5.87. The Morgan fingerprint density at radius 2 is 1.58 bits per heavy atom. The van der Waals surface area contributed by atoms with Gasteiger partial charge in [-0.05, 0) is 75.5 Å². The first kappa shape index (κ1) is 25.8. The third-order valence-corrected chi connectivity index (χ3v) is 7.81. The average Bonchev–Trinajstić information content (AvgIpc) is 2.77. The second-order valence-electron chi connectivity index (χ2n) is 10.6. The van der Waals surface area contributed by atoms with Crippen molar-refractivity contribution in [1.82, 2.24) is 16.0 Å². The summed E-state index contributed by atoms with van der Waals surface area (Å²) in [6.45, 7) is 2.41. The zero-order valence-corrected chi connectivity index (χ0v) is 20.2. The molecule has 3 saturated carbocycles. The summed E-state index contributed by atoms with van der Waals surface area (Å²) in [6, 6.07) is 0.623. The third-order valence-electron chi connectivity index (χ3n) is 7.81. The van der Waals surface area contributed by atoms with Gasteiger partial charge in [-0.3, -0.25) is 4.79 Å². The molecule has 3 rings (SSSR count). The van der Waals surface area contributed by atoms with Gasteiger partial charge in [-0.1, -0.05) is 26.2 Å². The number of aliphatic carboxylic acids is 1. The Balaban J connectivity index is 1.29. The molecule has 3 fully saturated rings. The summed E-state index contributed by atoms with van der Waals surface area (Å²) < 4.78 is 5.25. The van der Waals surface area contributed by atoms with Gasteiger partial charge >= 0.3 is 12.0 Å². The van der Waals surface area contributed by atoms with E-state index in [4.69, 9.17) is 9.84 Å². The molecule has 8 heteroatoms. The molecule has 4 unspecified atom stereocenters. The van der Waals surface area contributed by atoms with Gasteiger partial charge in [-0.15, -0.1) is 0 Å². The maximum Gasteiger partial charge on any atom is 0.329 e. The smallest absolute Gasteiger partial charge is 0.329 e. The van der Waals surface area contributed by atoms with E-state index in [1.165, 1.54) is 19.3 Å². The highest BCUT2D eigenvalue weighted by Crippen LogP contribution is 2.29. The lowest BCUT2D eigenvalue weighted by atomic mass is 9.83. The molecule has 0 heterocycles. The predicted octanol–water partition coefficient (Wildman–Crippen LogP) is 3.59. The molecule has 33 heavy (non-hydrogen) atoms. The predicted molar refractivity (Wildman–Crippen MR) is 126 cm³/mol. The Hall–Kier alpha value is -1.83. The summed E-state index contributed by atoms with van der Waals surface area (Å²) in [7, 11) is 0. The molecule has 0 spiro atoms. The van der Waals surface area contributed by atoms with Crippen LogP contribution in [0.4, 0.5) is 4.79 Å². The molecule has 3 amide bonds. The molecule has 3 aliphatic carbocycles. The fraction of sp³-hybridized carbons (Fsp3) is 0.880. The van der Waals surface area contributed by atoms with Gasteiger partial charge in [0.25, 0.3) is 0 Å². The van der Waals surface area contributed by atoms with Crippen LogP contribution in [-0.2, 0) is 14.3 Å². The number of carboxylic acids is 1. The van der Waals surface area contributed by atoms with Crippen molar-refractivity contribution in [3.63, 3.8) is 0 Å². The van der Waals surface area contributed by atoms with Crippen molar-refractivity contribution >= 4 is 17.9 Å². The van der Waals surface area contributed by atoms with Gasteiger partial charge in [0.15, 0.2) is 0 Å². The number of carbonyl (C=O) groups excluding carboxylic acids is 2. The number of rotatable bonds is 9. The van der Waals surface area contributed by atoms with E-state index in [2.05, 4.69) is 22.9 Å². The van der Waals surface area contributed by atoms with Gasteiger partial charge in [-0.25, -0.2) is 9.59 Å². The van der Waals surface area contributed by atoms with Gasteiger partial charge < -0.3 is 25.8 Å². The summed E-state index contributed by atoms with van der Waals surface area (Å²) in [5, 5.41) is 18.2. The Bertz CT molecular complexity index is 650. The van der Waals surface area contributed by atoms with E-state index in [1.807, 2.05) is 0 Å². The molecular weight excluding hydrogens is 422 g/mol. The lowest BCUT2D eigenvalue weighted by Gasteiger charge is -2.33. The Morgan fingerprint density at radius 1 is 0.818 bits per heavy atom. The molecule has 0 aromatic carbocycles. The fourth-order valence-electron chi connectivity index (χ4n) is 5.87. The number of amides is 3. The number of hydrogen-bond donors (Lipinski definition) is 4. The van der Waals surface area contributed by atoms with E-state index in [0.717, 1.165) is 57.8 Å². The summed E-state index contributed by atoms with van der Waals surface area (Å²) in [5.41, 5.74) is 0. The van der Waals surface area contributed by atoms with Crippen molar-refractivity contribution in [2.75, 3.05) is 13.2 Å². The van der Waals surface area contributed by atoms with E-state index >= 15 is 0 Å². The molecule has 0 saturated heterocycles. The maximum absolute atomic E-state index is 12.6. The van der Waals surface area contributed by atoms with Crippen LogP contribution in [0.2, 0.25) is 0 Å². The zero-order valence-electron chi connectivity index (χ0n) is 20.2. The molecule has 188 valence electrons. The quantitative estimate of drug-likeness (QED) is 0.415. The number of urea groups is 1. The van der Waals surface area contributed by atoms with Crippen molar-refractivity contribution in [3.05, 3.63) is 0 Å². The monoisotopic (exact) mass is 465 g/mol. The summed E-state index contributed by atoms with van der Waals surface area (Å²) >= 11 is 0. The highest BCUT2D eigenvalue weighted by atomic mass is 16.5. The minimum atomic E-state index is -0.944. The van der Waals surface area contributed by atoms with E-state index in [-0.39, 0.29) is 30.6 Å². The molecule has 8 nitrogen and oxygen atoms in total. The molecule has 4 N–H and O–H groups in total. The highest BCUT2D eigenvalue weighted by molar-refractivity contribution is 5.76. The van der Waals surface area contributed by atoms with Crippen molar-refractivity contribution in [1.29, 1.82) is 0 Å². The van der Waals surface area contributed by atoms with Crippen LogP contribution >= 0.6 is 0 Å². The second kappa shape index (κ2) is 13.2. The topological polar surface area (TPSA) is 117 Å². The van der Waals surface area contributed by atoms with Crippen LogP contribution in [0.25, 0.3) is 0 Å². The largest absolute Gasteiger partial charge is 0.480 e. The van der Waals surface area contributed by atoms with Crippen LogP contribution < -0.4 is 16.0 Å². The van der Waals surface area contributed by atoms with Gasteiger partial charge in [0, 0.05) is 24.5 Å². The molecule has 0 radical (unpaired) electrons. The van der Waals surface area contributed by atoms with E-state index in [0.29, 0.717) is 36.8 Å². The minimum Gasteiger partial charge on any atom is -0.480 e. The average molecular weight is 466 g/mol. The number of ether oxygens (including phenoxy) is 1. The second-order valence-corrected chi connectivity index (χ2v) is 10.6. The maximum atomic E-state index is 12.6. The molecule has 0 bridgehead atoms. The standard InChI is InChI=1S/C25H43N3O5/c1-17-5-2-3-8-22(17)28-25(32)27-20-11-9-18(10-12-20)14-23(29)26-21-7-4-6-19(13-21)15-33-16-24(30)31/h17-22H,2-16H2,1H3,(H,26,29)(H,30,31)(H2,27,28,32). The van der Waals surface area contributed by atoms with Crippen LogP contribution in [0, 0.1) is 17.8 Å². The van der Waals surface area contributed by atoms with Gasteiger partial charge in [0.05, 0.1) is 6.61 Å². The summed E-state index contributed by atoms with van der Waals surface area (Å²) in [4.78, 5) is 35.6. The van der Waals surface area contributed by atoms with Crippen molar-refractivity contribution in [2.24, 2.45) is 17.8 Å². The third kappa shape index (κ3) is 9.14. The minimum absolute atomic E-state index is 0.0332. The number of carboxylic acid groups (broad SMARTS) is 1. The molecular formula is C25H43N3O5. The zero-order chi connectivity index (χ0) is 23.6. The van der Waals surface area contributed by atoms with Crippen LogP contribution in [0.3, 0.4) is 0 Å². The highest BCUT2D eigenvalue weighted by Gasteiger charge is 2.28. The van der Waals surface area contributed by atoms with Gasteiger partial charge in [-0.2, -0.15) is 0 Å². The molecule has 3 aliphatic rings. The summed E-state index contributed by atoms with van der Waals surface area (Å²) in [6.07, 6.45) is 13.0. The van der Waals surface area contributed by atoms with E-state index < -0.39 is 5.97 Å². The van der Waals surface area contributed by atoms with E-state index in [1.54, 1.807) is 0 Å². The van der Waals surface area contributed by atoms with Crippen molar-refractivity contribution < 1.29 is 24.2 Å². The number of carbonyl (C=O) groups is 3. The van der Waals surface area contributed by atoms with Gasteiger partial charge in [0.1, 0.15) is 6.61 Å². The Morgan fingerprint density at radius 3 is 2.30 bits per heavy atom. The lowest BCUT2D eigenvalue weighted by molar-refractivity contribution is -0.142. The van der Waals surface area contributed by atoms with Gasteiger partial charge in [0.2, 0.25) is 5.91 Å². The van der Waals surface area contributed by atoms with Crippen LogP contribution in [0.5, 0.6) is 0 Å². The first-order chi connectivity index (χ1) is 15.9. The first-order valence-electron chi connectivity index (χ1n) is 13.0. The Kier molecular flexibility index (Phi) is 10.3. The molecule has 0 aromatic rings. The van der Waals surface area contributed by atoms with Crippen LogP contribution in [0.15, 0.2) is 0 Å². The lowest BCUT2D eigenvalue weighted by Crippen LogP contribution is -2.49. The molecule has 0 aromatic heterocycles. The number of hydrogen-bond acceptors (Lipinski definition) is 4. The Labute approximate surface area is 198 Å². The van der Waals surface area contributed by atoms with E-state index in [9.17, 15) is 14.4 Å². The van der Waals surface area contributed by atoms with Crippen LogP contribution in [0.1, 0.15) is 90.4 Å². The van der Waals surface area contributed by atoms with Crippen molar-refractivity contribution in [2.45, 2.75) is 109 Å². The molecule has 4 atom stereocenters. The summed E-state index contributed by atoms with van der Waals surface area (Å²) in [5.74, 6) is 0.415. The molecule has 0 aliphatic heterocycles. The number of nitrogens with one attached hydrogen (secondary N) is 3. The normalized spacial score (nSPS) is 32.5. The SMILES string of the molecule is CC1CCCCC1NC(=O)NC1CCC(CC(=O)NC2CCCC(COCC(=O)O)C2)CC1. The van der Waals surface area contributed by atoms with Crippen LogP contribution in [-0.4, -0.2) is 54.4 Å². The van der Waals surface area contributed by atoms with Crippen molar-refractivity contribution in [3.8, 4) is 0 Å².